The number of hydrogen-bond acceptors (Lipinski definition) is 4. The number of anilines is 1. The number of sulfone groups is 1. The van der Waals surface area contributed by atoms with Crippen LogP contribution in [0.15, 0.2) is 23.1 Å². The van der Waals surface area contributed by atoms with Gasteiger partial charge in [0.1, 0.15) is 5.82 Å². The van der Waals surface area contributed by atoms with E-state index in [0.717, 1.165) is 24.5 Å². The van der Waals surface area contributed by atoms with Crippen molar-refractivity contribution in [3.05, 3.63) is 24.0 Å². The zero-order valence-electron chi connectivity index (χ0n) is 11.7. The molecular weight excluding hydrogens is 283 g/mol. The molecule has 0 radical (unpaired) electrons. The minimum Gasteiger partial charge on any atom is -0.322 e. The predicted octanol–water partition coefficient (Wildman–Crippen LogP) is 1.54. The van der Waals surface area contributed by atoms with E-state index in [0.29, 0.717) is 6.42 Å². The molecule has 0 aliphatic rings. The van der Waals surface area contributed by atoms with Crippen LogP contribution in [0.4, 0.5) is 10.1 Å². The fraction of sp³-hybridized carbons (Fsp3) is 0.462. The van der Waals surface area contributed by atoms with Crippen molar-refractivity contribution in [2.24, 2.45) is 11.7 Å². The molecule has 0 aliphatic carbocycles. The lowest BCUT2D eigenvalue weighted by Gasteiger charge is -2.15. The molecule has 5 nitrogen and oxygen atoms in total. The van der Waals surface area contributed by atoms with E-state index in [9.17, 15) is 17.6 Å². The van der Waals surface area contributed by atoms with E-state index in [1.54, 1.807) is 0 Å². The van der Waals surface area contributed by atoms with Gasteiger partial charge in [0.05, 0.1) is 16.6 Å². The molecule has 0 heterocycles. The molecule has 112 valence electrons. The van der Waals surface area contributed by atoms with Gasteiger partial charge in [-0.05, 0) is 30.5 Å². The Morgan fingerprint density at radius 2 is 2.00 bits per heavy atom. The lowest BCUT2D eigenvalue weighted by molar-refractivity contribution is -0.117. The van der Waals surface area contributed by atoms with E-state index in [1.165, 1.54) is 0 Å². The number of benzene rings is 1. The summed E-state index contributed by atoms with van der Waals surface area (Å²) in [5.74, 6) is -1.02. The van der Waals surface area contributed by atoms with Crippen LogP contribution in [0.2, 0.25) is 0 Å². The molecule has 1 aromatic rings. The average Bonchev–Trinajstić information content (AvgIpc) is 2.29. The summed E-state index contributed by atoms with van der Waals surface area (Å²) < 4.78 is 36.4. The van der Waals surface area contributed by atoms with Crippen LogP contribution >= 0.6 is 0 Å². The fourth-order valence-electron chi connectivity index (χ4n) is 1.67. The van der Waals surface area contributed by atoms with E-state index in [1.807, 2.05) is 13.8 Å². The van der Waals surface area contributed by atoms with Crippen LogP contribution in [0.1, 0.15) is 20.3 Å². The molecule has 0 aromatic heterocycles. The summed E-state index contributed by atoms with van der Waals surface area (Å²) in [5, 5.41) is 2.32. The zero-order valence-corrected chi connectivity index (χ0v) is 12.5. The van der Waals surface area contributed by atoms with Crippen LogP contribution in [0.25, 0.3) is 0 Å². The molecule has 0 spiro atoms. The van der Waals surface area contributed by atoms with Crippen LogP contribution in [-0.2, 0) is 14.6 Å². The second-order valence-corrected chi connectivity index (χ2v) is 7.15. The normalized spacial score (nSPS) is 13.3. The number of amides is 1. The molecule has 1 atom stereocenters. The molecule has 0 aliphatic heterocycles. The molecule has 3 N–H and O–H groups in total. The molecule has 0 fully saturated rings. The number of halogens is 1. The topological polar surface area (TPSA) is 89.3 Å². The zero-order chi connectivity index (χ0) is 15.5. The van der Waals surface area contributed by atoms with Gasteiger partial charge in [0, 0.05) is 6.26 Å². The van der Waals surface area contributed by atoms with Gasteiger partial charge in [-0.2, -0.15) is 0 Å². The summed E-state index contributed by atoms with van der Waals surface area (Å²) in [6.07, 6.45) is 1.47. The van der Waals surface area contributed by atoms with Crippen molar-refractivity contribution < 1.29 is 17.6 Å². The maximum atomic E-state index is 13.6. The van der Waals surface area contributed by atoms with Gasteiger partial charge in [-0.3, -0.25) is 4.79 Å². The first kappa shape index (κ1) is 16.6. The molecule has 0 saturated carbocycles. The van der Waals surface area contributed by atoms with E-state index in [4.69, 9.17) is 5.73 Å². The Labute approximate surface area is 118 Å². The monoisotopic (exact) mass is 302 g/mol. The van der Waals surface area contributed by atoms with Gasteiger partial charge < -0.3 is 11.1 Å². The smallest absolute Gasteiger partial charge is 0.241 e. The van der Waals surface area contributed by atoms with Crippen LogP contribution < -0.4 is 11.1 Å². The lowest BCUT2D eigenvalue weighted by Crippen LogP contribution is -2.36. The Morgan fingerprint density at radius 3 is 2.50 bits per heavy atom. The Hall–Kier alpha value is -1.47. The molecule has 20 heavy (non-hydrogen) atoms. The third-order valence-electron chi connectivity index (χ3n) is 2.69. The fourth-order valence-corrected chi connectivity index (χ4v) is 2.32. The molecule has 0 bridgehead atoms. The van der Waals surface area contributed by atoms with Crippen molar-refractivity contribution in [2.45, 2.75) is 31.2 Å². The summed E-state index contributed by atoms with van der Waals surface area (Å²) in [6.45, 7) is 3.83. The highest BCUT2D eigenvalue weighted by molar-refractivity contribution is 7.90. The summed E-state index contributed by atoms with van der Waals surface area (Å²) in [4.78, 5) is 11.7. The van der Waals surface area contributed by atoms with Gasteiger partial charge in [0.25, 0.3) is 0 Å². The number of nitrogens with two attached hydrogens (primary N) is 1. The second kappa shape index (κ2) is 6.32. The first-order valence-corrected chi connectivity index (χ1v) is 8.06. The van der Waals surface area contributed by atoms with Gasteiger partial charge in [0.15, 0.2) is 9.84 Å². The third kappa shape index (κ3) is 4.57. The minimum atomic E-state index is -3.47. The van der Waals surface area contributed by atoms with Crippen LogP contribution in [0, 0.1) is 11.7 Å². The number of hydrogen-bond donors (Lipinski definition) is 2. The maximum Gasteiger partial charge on any atom is 0.241 e. The molecular formula is C13H19FN2O3S. The van der Waals surface area contributed by atoms with Crippen LogP contribution in [0.3, 0.4) is 0 Å². The summed E-state index contributed by atoms with van der Waals surface area (Å²) in [6, 6.07) is 2.47. The highest BCUT2D eigenvalue weighted by atomic mass is 32.2. The number of carbonyl (C=O) groups excluding carboxylic acids is 1. The van der Waals surface area contributed by atoms with Crippen molar-refractivity contribution in [2.75, 3.05) is 11.6 Å². The standard InChI is InChI=1S/C13H19FN2O3S/c1-8(2)6-11(15)13(17)16-12-7-9(20(3,18)19)4-5-10(12)14/h4-5,7-8,11H,6,15H2,1-3H3,(H,16,17)/t11-/m1/s1. The van der Waals surface area contributed by atoms with Crippen molar-refractivity contribution in [3.8, 4) is 0 Å². The van der Waals surface area contributed by atoms with Gasteiger partial charge in [-0.1, -0.05) is 13.8 Å². The first-order valence-electron chi connectivity index (χ1n) is 6.17. The molecule has 1 rings (SSSR count). The molecule has 1 aromatic carbocycles. The van der Waals surface area contributed by atoms with Crippen LogP contribution in [0.5, 0.6) is 0 Å². The summed E-state index contributed by atoms with van der Waals surface area (Å²) >= 11 is 0. The van der Waals surface area contributed by atoms with Gasteiger partial charge in [-0.25, -0.2) is 12.8 Å². The summed E-state index contributed by atoms with van der Waals surface area (Å²) in [5.41, 5.74) is 5.50. The highest BCUT2D eigenvalue weighted by Gasteiger charge is 2.18. The first-order chi connectivity index (χ1) is 9.11. The lowest BCUT2D eigenvalue weighted by atomic mass is 10.0. The second-order valence-electron chi connectivity index (χ2n) is 5.14. The largest absolute Gasteiger partial charge is 0.322 e. The average molecular weight is 302 g/mol. The van der Waals surface area contributed by atoms with E-state index < -0.39 is 27.6 Å². The molecule has 0 unspecified atom stereocenters. The van der Waals surface area contributed by atoms with Crippen molar-refractivity contribution >= 4 is 21.4 Å². The quantitative estimate of drug-likeness (QED) is 0.807. The van der Waals surface area contributed by atoms with Crippen molar-refractivity contribution in [1.29, 1.82) is 0 Å². The number of rotatable bonds is 5. The molecule has 1 amide bonds. The molecule has 7 heteroatoms. The Bertz CT molecular complexity index is 600. The third-order valence-corrected chi connectivity index (χ3v) is 3.80. The highest BCUT2D eigenvalue weighted by Crippen LogP contribution is 2.20. The van der Waals surface area contributed by atoms with E-state index in [-0.39, 0.29) is 16.5 Å². The SMILES string of the molecule is CC(C)C[C@@H](N)C(=O)Nc1cc(S(C)(=O)=O)ccc1F. The Morgan fingerprint density at radius 1 is 1.40 bits per heavy atom. The Balaban J connectivity index is 2.95. The summed E-state index contributed by atoms with van der Waals surface area (Å²) in [7, 11) is -3.47. The minimum absolute atomic E-state index is 0.0633. The maximum absolute atomic E-state index is 13.6. The number of carbonyl (C=O) groups is 1. The number of nitrogens with one attached hydrogen (secondary N) is 1. The van der Waals surface area contributed by atoms with Crippen LogP contribution in [-0.4, -0.2) is 26.6 Å². The Kier molecular flexibility index (Phi) is 5.24. The van der Waals surface area contributed by atoms with Gasteiger partial charge in [0.2, 0.25) is 5.91 Å². The van der Waals surface area contributed by atoms with Crippen molar-refractivity contribution in [1.82, 2.24) is 0 Å². The van der Waals surface area contributed by atoms with E-state index in [2.05, 4.69) is 5.32 Å². The van der Waals surface area contributed by atoms with Gasteiger partial charge >= 0.3 is 0 Å². The van der Waals surface area contributed by atoms with Gasteiger partial charge in [-0.15, -0.1) is 0 Å². The van der Waals surface area contributed by atoms with E-state index >= 15 is 0 Å². The van der Waals surface area contributed by atoms with Crippen molar-refractivity contribution in [3.63, 3.8) is 0 Å². The predicted molar refractivity (Wildman–Crippen MR) is 75.6 cm³/mol. The molecule has 0 saturated heterocycles.